The minimum absolute atomic E-state index is 0.0797. The maximum Gasteiger partial charge on any atom is 0.194 e. The first-order valence-corrected chi connectivity index (χ1v) is 6.02. The van der Waals surface area contributed by atoms with Gasteiger partial charge >= 0.3 is 0 Å². The van der Waals surface area contributed by atoms with Gasteiger partial charge in [-0.25, -0.2) is 17.6 Å². The van der Waals surface area contributed by atoms with Crippen LogP contribution in [0.1, 0.15) is 17.2 Å². The van der Waals surface area contributed by atoms with Gasteiger partial charge in [0.1, 0.15) is 5.82 Å². The minimum atomic E-state index is -1.60. The summed E-state index contributed by atoms with van der Waals surface area (Å²) in [7, 11) is 0. The lowest BCUT2D eigenvalue weighted by Crippen LogP contribution is -2.05. The van der Waals surface area contributed by atoms with E-state index < -0.39 is 29.4 Å². The Kier molecular flexibility index (Phi) is 4.30. The molecule has 2 rings (SSSR count). The molecular formula is C14H9ClF4O. The van der Waals surface area contributed by atoms with Crippen molar-refractivity contribution in [3.63, 3.8) is 0 Å². The minimum Gasteiger partial charge on any atom is -0.388 e. The summed E-state index contributed by atoms with van der Waals surface area (Å²) >= 11 is 5.79. The molecule has 0 fully saturated rings. The highest BCUT2D eigenvalue weighted by Crippen LogP contribution is 2.26. The lowest BCUT2D eigenvalue weighted by atomic mass is 10.0. The lowest BCUT2D eigenvalue weighted by Gasteiger charge is -2.13. The van der Waals surface area contributed by atoms with Crippen LogP contribution in [0.15, 0.2) is 30.3 Å². The van der Waals surface area contributed by atoms with E-state index in [9.17, 15) is 22.7 Å². The van der Waals surface area contributed by atoms with E-state index in [4.69, 9.17) is 11.6 Å². The third-order valence-electron chi connectivity index (χ3n) is 2.82. The molecule has 20 heavy (non-hydrogen) atoms. The number of halogens is 5. The molecule has 0 amide bonds. The van der Waals surface area contributed by atoms with Crippen molar-refractivity contribution in [1.29, 1.82) is 0 Å². The monoisotopic (exact) mass is 304 g/mol. The van der Waals surface area contributed by atoms with Gasteiger partial charge in [0.2, 0.25) is 0 Å². The van der Waals surface area contributed by atoms with E-state index in [0.717, 1.165) is 12.1 Å². The molecule has 0 radical (unpaired) electrons. The number of aliphatic hydroxyl groups excluding tert-OH is 1. The highest BCUT2D eigenvalue weighted by atomic mass is 35.5. The Morgan fingerprint density at radius 3 is 2.15 bits per heavy atom. The van der Waals surface area contributed by atoms with Gasteiger partial charge in [0.15, 0.2) is 17.5 Å². The Labute approximate surface area is 117 Å². The third-order valence-corrected chi connectivity index (χ3v) is 3.17. The van der Waals surface area contributed by atoms with Gasteiger partial charge in [0.05, 0.1) is 6.10 Å². The molecule has 1 nitrogen and oxygen atoms in total. The van der Waals surface area contributed by atoms with Crippen molar-refractivity contribution in [1.82, 2.24) is 0 Å². The van der Waals surface area contributed by atoms with E-state index in [1.165, 1.54) is 6.07 Å². The molecule has 0 bridgehead atoms. The van der Waals surface area contributed by atoms with Gasteiger partial charge < -0.3 is 5.11 Å². The zero-order valence-corrected chi connectivity index (χ0v) is 10.8. The summed E-state index contributed by atoms with van der Waals surface area (Å²) in [6, 6.07) is 4.99. The van der Waals surface area contributed by atoms with Crippen molar-refractivity contribution in [2.24, 2.45) is 0 Å². The molecule has 0 saturated heterocycles. The summed E-state index contributed by atoms with van der Waals surface area (Å²) in [5.74, 6) is -4.90. The van der Waals surface area contributed by atoms with E-state index in [0.29, 0.717) is 17.7 Å². The van der Waals surface area contributed by atoms with Crippen molar-refractivity contribution in [3.8, 4) is 0 Å². The molecule has 1 unspecified atom stereocenters. The molecule has 2 aromatic carbocycles. The summed E-state index contributed by atoms with van der Waals surface area (Å²) < 4.78 is 51.8. The van der Waals surface area contributed by atoms with Crippen molar-refractivity contribution in [3.05, 3.63) is 69.8 Å². The Hall–Kier alpha value is -1.59. The van der Waals surface area contributed by atoms with E-state index in [1.54, 1.807) is 0 Å². The second kappa shape index (κ2) is 5.81. The molecule has 0 aromatic heterocycles. The van der Waals surface area contributed by atoms with E-state index in [1.807, 2.05) is 0 Å². The first kappa shape index (κ1) is 14.8. The molecule has 0 aliphatic heterocycles. The van der Waals surface area contributed by atoms with Crippen molar-refractivity contribution >= 4 is 11.6 Å². The molecule has 106 valence electrons. The predicted molar refractivity (Wildman–Crippen MR) is 66.4 cm³/mol. The first-order valence-electron chi connectivity index (χ1n) is 5.65. The van der Waals surface area contributed by atoms with Gasteiger partial charge in [-0.3, -0.25) is 0 Å². The normalized spacial score (nSPS) is 12.5. The second-order valence-electron chi connectivity index (χ2n) is 4.25. The molecule has 6 heteroatoms. The predicted octanol–water partition coefficient (Wildman–Crippen LogP) is 4.17. The fraction of sp³-hybridized carbons (Fsp3) is 0.143. The molecule has 0 saturated carbocycles. The Bertz CT molecular complexity index is 622. The SMILES string of the molecule is OC(Cc1ccc(F)cc1Cl)c1cc(F)c(F)c(F)c1. The Morgan fingerprint density at radius 1 is 1.00 bits per heavy atom. The summed E-state index contributed by atoms with van der Waals surface area (Å²) in [5.41, 5.74) is 0.285. The lowest BCUT2D eigenvalue weighted by molar-refractivity contribution is 0.177. The number of aliphatic hydroxyl groups is 1. The topological polar surface area (TPSA) is 20.2 Å². The van der Waals surface area contributed by atoms with Crippen molar-refractivity contribution in [2.45, 2.75) is 12.5 Å². The smallest absolute Gasteiger partial charge is 0.194 e. The van der Waals surface area contributed by atoms with Crippen LogP contribution in [0.25, 0.3) is 0 Å². The van der Waals surface area contributed by atoms with Gasteiger partial charge in [-0.15, -0.1) is 0 Å². The molecule has 1 N–H and O–H groups in total. The third kappa shape index (κ3) is 3.11. The van der Waals surface area contributed by atoms with Crippen LogP contribution in [0.4, 0.5) is 17.6 Å². The van der Waals surface area contributed by atoms with Crippen molar-refractivity contribution in [2.75, 3.05) is 0 Å². The maximum absolute atomic E-state index is 13.1. The van der Waals surface area contributed by atoms with Gasteiger partial charge in [-0.1, -0.05) is 17.7 Å². The maximum atomic E-state index is 13.1. The van der Waals surface area contributed by atoms with Crippen LogP contribution in [0.2, 0.25) is 5.02 Å². The fourth-order valence-corrected chi connectivity index (χ4v) is 2.03. The van der Waals surface area contributed by atoms with Gasteiger partial charge in [0, 0.05) is 11.4 Å². The molecule has 2 aromatic rings. The van der Waals surface area contributed by atoms with Crippen LogP contribution in [0.3, 0.4) is 0 Å². The standard InChI is InChI=1S/C14H9ClF4O/c15-10-6-9(16)2-1-7(10)5-13(20)8-3-11(17)14(19)12(18)4-8/h1-4,6,13,20H,5H2. The van der Waals surface area contributed by atoms with E-state index in [2.05, 4.69) is 0 Å². The summed E-state index contributed by atoms with van der Waals surface area (Å²) in [5, 5.41) is 9.99. The van der Waals surface area contributed by atoms with Crippen LogP contribution in [0.5, 0.6) is 0 Å². The zero-order valence-electron chi connectivity index (χ0n) is 10.0. The average molecular weight is 305 g/mol. The van der Waals surface area contributed by atoms with Crippen molar-refractivity contribution < 1.29 is 22.7 Å². The number of benzene rings is 2. The first-order chi connectivity index (χ1) is 9.38. The summed E-state index contributed by atoms with van der Waals surface area (Å²) in [6.45, 7) is 0. The summed E-state index contributed by atoms with van der Waals surface area (Å²) in [6.07, 6.45) is -1.37. The fourth-order valence-electron chi connectivity index (χ4n) is 1.78. The van der Waals surface area contributed by atoms with Gasteiger partial charge in [-0.05, 0) is 35.4 Å². The highest BCUT2D eigenvalue weighted by Gasteiger charge is 2.17. The van der Waals surface area contributed by atoms with Crippen LogP contribution in [-0.2, 0) is 6.42 Å². The molecule has 0 heterocycles. The number of hydrogen-bond acceptors (Lipinski definition) is 1. The quantitative estimate of drug-likeness (QED) is 0.666. The number of hydrogen-bond donors (Lipinski definition) is 1. The Morgan fingerprint density at radius 2 is 1.60 bits per heavy atom. The van der Waals surface area contributed by atoms with Gasteiger partial charge in [-0.2, -0.15) is 0 Å². The zero-order chi connectivity index (χ0) is 14.9. The molecule has 0 spiro atoms. The highest BCUT2D eigenvalue weighted by molar-refractivity contribution is 6.31. The van der Waals surface area contributed by atoms with Crippen LogP contribution in [0, 0.1) is 23.3 Å². The van der Waals surface area contributed by atoms with Gasteiger partial charge in [0.25, 0.3) is 0 Å². The van der Waals surface area contributed by atoms with Crippen LogP contribution >= 0.6 is 11.6 Å². The van der Waals surface area contributed by atoms with E-state index >= 15 is 0 Å². The molecule has 0 aliphatic carbocycles. The Balaban J connectivity index is 2.26. The largest absolute Gasteiger partial charge is 0.388 e. The number of rotatable bonds is 3. The average Bonchev–Trinajstić information content (AvgIpc) is 2.38. The van der Waals surface area contributed by atoms with Crippen LogP contribution < -0.4 is 0 Å². The molecular weight excluding hydrogens is 296 g/mol. The van der Waals surface area contributed by atoms with Crippen LogP contribution in [-0.4, -0.2) is 5.11 Å². The van der Waals surface area contributed by atoms with E-state index in [-0.39, 0.29) is 17.0 Å². The molecule has 0 aliphatic rings. The second-order valence-corrected chi connectivity index (χ2v) is 4.66. The summed E-state index contributed by atoms with van der Waals surface area (Å²) in [4.78, 5) is 0. The molecule has 1 atom stereocenters.